The normalized spacial score (nSPS) is 11.8. The number of hydrogen-bond acceptors (Lipinski definition) is 8. The summed E-state index contributed by atoms with van der Waals surface area (Å²) in [5.41, 5.74) is 3.04. The maximum absolute atomic E-state index is 13.1. The lowest BCUT2D eigenvalue weighted by Gasteiger charge is -2.26. The number of carbonyl (C=O) groups is 3. The summed E-state index contributed by atoms with van der Waals surface area (Å²) in [6.07, 6.45) is 11.7. The molecule has 0 aliphatic rings. The maximum atomic E-state index is 13.1. The van der Waals surface area contributed by atoms with E-state index < -0.39 is 36.8 Å². The minimum atomic E-state index is -1.05. The summed E-state index contributed by atoms with van der Waals surface area (Å²) in [6, 6.07) is 15.2. The summed E-state index contributed by atoms with van der Waals surface area (Å²) < 4.78 is 21.3. The Morgan fingerprint density at radius 2 is 1.49 bits per heavy atom. The van der Waals surface area contributed by atoms with Gasteiger partial charge in [-0.15, -0.1) is 12.8 Å². The summed E-state index contributed by atoms with van der Waals surface area (Å²) in [7, 11) is 1.38. The van der Waals surface area contributed by atoms with Crippen molar-refractivity contribution in [3.05, 3.63) is 88.7 Å². The lowest BCUT2D eigenvalue weighted by molar-refractivity contribution is -0.151. The van der Waals surface area contributed by atoms with E-state index in [0.29, 0.717) is 0 Å². The largest absolute Gasteiger partial charge is 0.493 e. The Bertz CT molecular complexity index is 1410. The highest BCUT2D eigenvalue weighted by Crippen LogP contribution is 2.31. The molecule has 0 saturated carbocycles. The highest BCUT2D eigenvalue weighted by atomic mass is 16.7. The van der Waals surface area contributed by atoms with E-state index in [2.05, 4.69) is 22.1 Å². The van der Waals surface area contributed by atoms with Gasteiger partial charge in [0.1, 0.15) is 12.1 Å². The summed E-state index contributed by atoms with van der Waals surface area (Å²) >= 11 is 0. The van der Waals surface area contributed by atoms with Gasteiger partial charge in [0.15, 0.2) is 17.2 Å². The lowest BCUT2D eigenvalue weighted by atomic mass is 9.86. The molecule has 3 rings (SSSR count). The molecule has 1 aromatic heterocycles. The third-order valence-corrected chi connectivity index (χ3v) is 6.11. The first kappa shape index (κ1) is 30.3. The second-order valence-corrected chi connectivity index (χ2v) is 8.94. The standard InChI is InChI=1S/C32H30N2O7/c1-7-23-9-13-25(14-10-23)28(26-15-11-24(8-2)12-16-26)21(4)41-32(37)20(3)34-31(36)29-30(40-19-39-22(5)35)27(38-6)17-18-33-29/h1-2,9-18,20-21,28H,19H2,3-6H3,(H,34,36)/t20-,21-/m0/s1. The Morgan fingerprint density at radius 3 is 1.98 bits per heavy atom. The van der Waals surface area contributed by atoms with Crippen molar-refractivity contribution in [2.24, 2.45) is 0 Å². The molecule has 0 saturated heterocycles. The topological polar surface area (TPSA) is 113 Å². The molecule has 3 aromatic rings. The predicted molar refractivity (Wildman–Crippen MR) is 151 cm³/mol. The number of rotatable bonds is 11. The zero-order valence-electron chi connectivity index (χ0n) is 23.2. The van der Waals surface area contributed by atoms with E-state index in [1.165, 1.54) is 33.2 Å². The first-order valence-electron chi connectivity index (χ1n) is 12.6. The number of carbonyl (C=O) groups excluding carboxylic acids is 3. The lowest BCUT2D eigenvalue weighted by Crippen LogP contribution is -2.41. The Labute approximate surface area is 239 Å². The van der Waals surface area contributed by atoms with Crippen LogP contribution in [0.2, 0.25) is 0 Å². The molecule has 9 nitrogen and oxygen atoms in total. The number of benzene rings is 2. The third kappa shape index (κ3) is 7.87. The summed E-state index contributed by atoms with van der Waals surface area (Å²) in [6.45, 7) is 4.02. The van der Waals surface area contributed by atoms with Crippen molar-refractivity contribution < 1.29 is 33.3 Å². The minimum Gasteiger partial charge on any atom is -0.493 e. The van der Waals surface area contributed by atoms with Crippen molar-refractivity contribution in [2.75, 3.05) is 13.9 Å². The monoisotopic (exact) mass is 554 g/mol. The zero-order valence-corrected chi connectivity index (χ0v) is 23.2. The van der Waals surface area contributed by atoms with E-state index in [4.69, 9.17) is 31.8 Å². The number of terminal acetylenes is 2. The van der Waals surface area contributed by atoms with Crippen LogP contribution in [0, 0.1) is 24.7 Å². The summed E-state index contributed by atoms with van der Waals surface area (Å²) in [5.74, 6) is 3.03. The number of nitrogens with zero attached hydrogens (tertiary/aromatic N) is 1. The summed E-state index contributed by atoms with van der Waals surface area (Å²) in [4.78, 5) is 41.4. The van der Waals surface area contributed by atoms with Crippen molar-refractivity contribution in [3.63, 3.8) is 0 Å². The second kappa shape index (κ2) is 14.2. The molecule has 0 aliphatic heterocycles. The first-order chi connectivity index (χ1) is 19.7. The Balaban J connectivity index is 1.78. The Hall–Kier alpha value is -5.28. The molecular formula is C32H30N2O7. The maximum Gasteiger partial charge on any atom is 0.328 e. The molecular weight excluding hydrogens is 524 g/mol. The van der Waals surface area contributed by atoms with E-state index >= 15 is 0 Å². The highest BCUT2D eigenvalue weighted by molar-refractivity contribution is 5.98. The minimum absolute atomic E-state index is 0.0476. The van der Waals surface area contributed by atoms with Gasteiger partial charge >= 0.3 is 11.9 Å². The molecule has 0 bridgehead atoms. The van der Waals surface area contributed by atoms with E-state index in [0.717, 1.165) is 22.3 Å². The van der Waals surface area contributed by atoms with Crippen LogP contribution in [0.4, 0.5) is 0 Å². The fraction of sp³-hybridized carbons (Fsp3) is 0.250. The number of amides is 1. The molecule has 1 N–H and O–H groups in total. The SMILES string of the molecule is C#Cc1ccc(C(c2ccc(C#C)cc2)[C@H](C)OC(=O)[C@H](C)NC(=O)c2nccc(OC)c2OCOC(C)=O)cc1. The van der Waals surface area contributed by atoms with Crippen molar-refractivity contribution >= 4 is 17.8 Å². The van der Waals surface area contributed by atoms with Crippen molar-refractivity contribution in [1.82, 2.24) is 10.3 Å². The van der Waals surface area contributed by atoms with Gasteiger partial charge in [0, 0.05) is 36.2 Å². The van der Waals surface area contributed by atoms with Gasteiger partial charge in [-0.25, -0.2) is 9.78 Å². The second-order valence-electron chi connectivity index (χ2n) is 8.94. The third-order valence-electron chi connectivity index (χ3n) is 6.11. The number of esters is 2. The van der Waals surface area contributed by atoms with Crippen LogP contribution in [0.25, 0.3) is 0 Å². The average Bonchev–Trinajstić information content (AvgIpc) is 2.97. The quantitative estimate of drug-likeness (QED) is 0.216. The molecule has 9 heteroatoms. The van der Waals surface area contributed by atoms with Crippen LogP contribution in [0.15, 0.2) is 60.8 Å². The van der Waals surface area contributed by atoms with E-state index in [9.17, 15) is 14.4 Å². The van der Waals surface area contributed by atoms with Crippen molar-refractivity contribution in [2.45, 2.75) is 38.8 Å². The van der Waals surface area contributed by atoms with Crippen molar-refractivity contribution in [1.29, 1.82) is 0 Å². The Kier molecular flexibility index (Phi) is 10.5. The van der Waals surface area contributed by atoms with Gasteiger partial charge in [0.25, 0.3) is 5.91 Å². The molecule has 0 fully saturated rings. The van der Waals surface area contributed by atoms with Crippen LogP contribution >= 0.6 is 0 Å². The van der Waals surface area contributed by atoms with Gasteiger partial charge in [0.2, 0.25) is 6.79 Å². The molecule has 0 radical (unpaired) electrons. The number of aromatic nitrogens is 1. The number of methoxy groups -OCH3 is 1. The van der Waals surface area contributed by atoms with E-state index in [-0.39, 0.29) is 23.1 Å². The van der Waals surface area contributed by atoms with Crippen LogP contribution in [0.1, 0.15) is 59.4 Å². The van der Waals surface area contributed by atoms with Gasteiger partial charge in [-0.3, -0.25) is 9.59 Å². The average molecular weight is 555 g/mol. The number of hydrogen-bond donors (Lipinski definition) is 1. The van der Waals surface area contributed by atoms with Crippen LogP contribution in [0.5, 0.6) is 11.5 Å². The van der Waals surface area contributed by atoms with Crippen LogP contribution in [-0.2, 0) is 19.1 Å². The first-order valence-corrected chi connectivity index (χ1v) is 12.6. The molecule has 0 unspecified atom stereocenters. The van der Waals surface area contributed by atoms with Gasteiger partial charge in [0.05, 0.1) is 7.11 Å². The molecule has 2 aromatic carbocycles. The van der Waals surface area contributed by atoms with Crippen LogP contribution in [0.3, 0.4) is 0 Å². The molecule has 2 atom stereocenters. The van der Waals surface area contributed by atoms with Crippen molar-refractivity contribution in [3.8, 4) is 36.2 Å². The summed E-state index contributed by atoms with van der Waals surface area (Å²) in [5, 5.41) is 2.58. The highest BCUT2D eigenvalue weighted by Gasteiger charge is 2.29. The number of nitrogens with one attached hydrogen (secondary N) is 1. The fourth-order valence-electron chi connectivity index (χ4n) is 4.05. The van der Waals surface area contributed by atoms with E-state index in [1.54, 1.807) is 6.92 Å². The van der Waals surface area contributed by atoms with Crippen LogP contribution in [-0.4, -0.2) is 48.9 Å². The molecule has 0 aliphatic carbocycles. The van der Waals surface area contributed by atoms with Crippen LogP contribution < -0.4 is 14.8 Å². The van der Waals surface area contributed by atoms with Gasteiger partial charge in [-0.1, -0.05) is 36.1 Å². The van der Waals surface area contributed by atoms with Gasteiger partial charge in [-0.2, -0.15) is 0 Å². The molecule has 1 amide bonds. The smallest absolute Gasteiger partial charge is 0.328 e. The van der Waals surface area contributed by atoms with E-state index in [1.807, 2.05) is 48.5 Å². The molecule has 210 valence electrons. The number of pyridine rings is 1. The van der Waals surface area contributed by atoms with Gasteiger partial charge in [-0.05, 0) is 49.2 Å². The molecule has 0 spiro atoms. The van der Waals surface area contributed by atoms with Gasteiger partial charge < -0.3 is 24.3 Å². The molecule has 1 heterocycles. The molecule has 41 heavy (non-hydrogen) atoms. The fourth-order valence-corrected chi connectivity index (χ4v) is 4.05. The Morgan fingerprint density at radius 1 is 0.927 bits per heavy atom. The number of ether oxygens (including phenoxy) is 4. The zero-order chi connectivity index (χ0) is 29.9. The predicted octanol–water partition coefficient (Wildman–Crippen LogP) is 3.83.